The molecule has 3 heteroatoms. The van der Waals surface area contributed by atoms with Crippen LogP contribution in [0, 0.1) is 5.92 Å². The monoisotopic (exact) mass is 390 g/mol. The molecule has 0 heterocycles. The number of carbonyl (C=O) groups excluding carboxylic acids is 1. The topological polar surface area (TPSA) is 26.3 Å². The third kappa shape index (κ3) is 16.6. The maximum Gasteiger partial charge on any atom is 0.305 e. The Labute approximate surface area is 153 Å². The van der Waals surface area contributed by atoms with Gasteiger partial charge in [0, 0.05) is 11.8 Å². The van der Waals surface area contributed by atoms with Crippen LogP contribution in [0.25, 0.3) is 0 Å². The fraction of sp³-hybridized carbons (Fsp3) is 0.950. The first-order valence-electron chi connectivity index (χ1n) is 9.96. The van der Waals surface area contributed by atoms with Crippen molar-refractivity contribution in [1.82, 2.24) is 0 Å². The number of esters is 1. The minimum absolute atomic E-state index is 0.0144. The van der Waals surface area contributed by atoms with E-state index in [1.807, 2.05) is 0 Å². The number of hydrogen-bond acceptors (Lipinski definition) is 2. The Morgan fingerprint density at radius 1 is 0.826 bits per heavy atom. The highest BCUT2D eigenvalue weighted by atomic mass is 79.9. The van der Waals surface area contributed by atoms with E-state index in [0.29, 0.717) is 18.9 Å². The predicted octanol–water partition coefficient (Wildman–Crippen LogP) is 7.04. The molecule has 0 aromatic rings. The quantitative estimate of drug-likeness (QED) is 0.151. The van der Waals surface area contributed by atoms with Gasteiger partial charge in [0.2, 0.25) is 0 Å². The van der Waals surface area contributed by atoms with Crippen LogP contribution in [0.2, 0.25) is 0 Å². The molecule has 138 valence electrons. The van der Waals surface area contributed by atoms with Gasteiger partial charge in [-0.3, -0.25) is 4.79 Å². The molecule has 0 spiro atoms. The van der Waals surface area contributed by atoms with Gasteiger partial charge in [0.25, 0.3) is 0 Å². The molecule has 0 aliphatic rings. The van der Waals surface area contributed by atoms with Gasteiger partial charge in [0.15, 0.2) is 0 Å². The summed E-state index contributed by atoms with van der Waals surface area (Å²) in [6.07, 6.45) is 16.6. The lowest BCUT2D eigenvalue weighted by atomic mass is 9.96. The zero-order chi connectivity index (χ0) is 17.2. The normalized spacial score (nSPS) is 12.3. The number of alkyl halides is 1. The number of unbranched alkanes of at least 4 members (excludes halogenated alkanes) is 8. The summed E-state index contributed by atoms with van der Waals surface area (Å²) in [6, 6.07) is 0. The maximum absolute atomic E-state index is 11.9. The molecule has 1 unspecified atom stereocenters. The fourth-order valence-corrected chi connectivity index (χ4v) is 3.24. The van der Waals surface area contributed by atoms with E-state index in [0.717, 1.165) is 18.2 Å². The summed E-state index contributed by atoms with van der Waals surface area (Å²) in [5, 5.41) is 1.09. The number of hydrogen-bond donors (Lipinski definition) is 0. The Bertz CT molecular complexity index is 256. The molecule has 0 bridgehead atoms. The molecule has 0 amide bonds. The first-order valence-corrected chi connectivity index (χ1v) is 11.1. The van der Waals surface area contributed by atoms with Gasteiger partial charge in [-0.1, -0.05) is 87.6 Å². The summed E-state index contributed by atoms with van der Waals surface area (Å²) in [4.78, 5) is 11.9. The fourth-order valence-electron chi connectivity index (χ4n) is 2.84. The van der Waals surface area contributed by atoms with Crippen molar-refractivity contribution in [3.63, 3.8) is 0 Å². The molecule has 0 aromatic carbocycles. The highest BCUT2D eigenvalue weighted by molar-refractivity contribution is 9.09. The van der Waals surface area contributed by atoms with E-state index >= 15 is 0 Å². The van der Waals surface area contributed by atoms with Crippen LogP contribution < -0.4 is 0 Å². The lowest BCUT2D eigenvalue weighted by Crippen LogP contribution is -2.14. The molecule has 0 aliphatic carbocycles. The van der Waals surface area contributed by atoms with Crippen molar-refractivity contribution in [2.24, 2.45) is 5.92 Å². The van der Waals surface area contributed by atoms with Crippen LogP contribution in [0.4, 0.5) is 0 Å². The third-order valence-electron chi connectivity index (χ3n) is 4.43. The maximum atomic E-state index is 11.9. The van der Waals surface area contributed by atoms with Gasteiger partial charge in [0.1, 0.15) is 0 Å². The van der Waals surface area contributed by atoms with Crippen LogP contribution in [0.15, 0.2) is 0 Å². The smallest absolute Gasteiger partial charge is 0.305 e. The summed E-state index contributed by atoms with van der Waals surface area (Å²) in [7, 11) is 0. The van der Waals surface area contributed by atoms with Crippen LogP contribution in [0.3, 0.4) is 0 Å². The molecule has 0 N–H and O–H groups in total. The summed E-state index contributed by atoms with van der Waals surface area (Å²) in [5.74, 6) is 0.593. The summed E-state index contributed by atoms with van der Waals surface area (Å²) >= 11 is 3.45. The second kappa shape index (κ2) is 18.3. The van der Waals surface area contributed by atoms with Gasteiger partial charge in [-0.05, 0) is 31.6 Å². The summed E-state index contributed by atoms with van der Waals surface area (Å²) in [5.41, 5.74) is 0. The summed E-state index contributed by atoms with van der Waals surface area (Å²) in [6.45, 7) is 5.13. The highest BCUT2D eigenvalue weighted by Gasteiger charge is 2.11. The second-order valence-electron chi connectivity index (χ2n) is 6.75. The van der Waals surface area contributed by atoms with E-state index in [2.05, 4.69) is 29.8 Å². The van der Waals surface area contributed by atoms with E-state index in [1.54, 1.807) is 0 Å². The van der Waals surface area contributed by atoms with Gasteiger partial charge < -0.3 is 4.74 Å². The van der Waals surface area contributed by atoms with Crippen molar-refractivity contribution in [3.8, 4) is 0 Å². The average Bonchev–Trinajstić information content (AvgIpc) is 2.56. The number of halogens is 1. The van der Waals surface area contributed by atoms with E-state index in [-0.39, 0.29) is 5.97 Å². The van der Waals surface area contributed by atoms with E-state index in [9.17, 15) is 4.79 Å². The van der Waals surface area contributed by atoms with E-state index in [1.165, 1.54) is 70.6 Å². The van der Waals surface area contributed by atoms with Crippen LogP contribution >= 0.6 is 15.9 Å². The van der Waals surface area contributed by atoms with Crippen LogP contribution in [0.1, 0.15) is 104 Å². The number of carbonyl (C=O) groups is 1. The number of ether oxygens (including phenoxy) is 1. The third-order valence-corrected chi connectivity index (χ3v) is 4.99. The SMILES string of the molecule is CCCCCCC(CCCC)COC(=O)CCCCCCCBr. The Morgan fingerprint density at radius 3 is 2.13 bits per heavy atom. The predicted molar refractivity (Wildman–Crippen MR) is 104 cm³/mol. The van der Waals surface area contributed by atoms with Gasteiger partial charge in [-0.2, -0.15) is 0 Å². The zero-order valence-corrected chi connectivity index (χ0v) is 17.2. The van der Waals surface area contributed by atoms with Crippen LogP contribution in [0.5, 0.6) is 0 Å². The number of rotatable bonds is 17. The Kier molecular flexibility index (Phi) is 18.3. The van der Waals surface area contributed by atoms with Crippen LogP contribution in [-0.4, -0.2) is 17.9 Å². The molecule has 23 heavy (non-hydrogen) atoms. The average molecular weight is 391 g/mol. The van der Waals surface area contributed by atoms with Crippen molar-refractivity contribution in [2.75, 3.05) is 11.9 Å². The first-order chi connectivity index (χ1) is 11.2. The van der Waals surface area contributed by atoms with Crippen molar-refractivity contribution in [1.29, 1.82) is 0 Å². The standard InChI is InChI=1S/C20H39BrO2/c1-3-5-7-11-15-19(14-6-4-2)18-23-20(22)16-12-9-8-10-13-17-21/h19H,3-18H2,1-2H3. The molecular weight excluding hydrogens is 352 g/mol. The van der Waals surface area contributed by atoms with Gasteiger partial charge in [-0.15, -0.1) is 0 Å². The Morgan fingerprint density at radius 2 is 1.43 bits per heavy atom. The molecule has 1 atom stereocenters. The molecule has 0 saturated heterocycles. The van der Waals surface area contributed by atoms with Gasteiger partial charge >= 0.3 is 5.97 Å². The van der Waals surface area contributed by atoms with Crippen LogP contribution in [-0.2, 0) is 9.53 Å². The molecule has 0 aromatic heterocycles. The Hall–Kier alpha value is -0.0500. The molecule has 0 fully saturated rings. The van der Waals surface area contributed by atoms with E-state index < -0.39 is 0 Å². The van der Waals surface area contributed by atoms with Crippen molar-refractivity contribution in [3.05, 3.63) is 0 Å². The lowest BCUT2D eigenvalue weighted by Gasteiger charge is -2.16. The van der Waals surface area contributed by atoms with Gasteiger partial charge in [-0.25, -0.2) is 0 Å². The summed E-state index contributed by atoms with van der Waals surface area (Å²) < 4.78 is 5.54. The zero-order valence-electron chi connectivity index (χ0n) is 15.6. The minimum atomic E-state index is 0.0144. The second-order valence-corrected chi connectivity index (χ2v) is 7.54. The highest BCUT2D eigenvalue weighted by Crippen LogP contribution is 2.18. The largest absolute Gasteiger partial charge is 0.465 e. The lowest BCUT2D eigenvalue weighted by molar-refractivity contribution is -0.145. The van der Waals surface area contributed by atoms with Gasteiger partial charge in [0.05, 0.1) is 6.61 Å². The molecule has 0 aliphatic heterocycles. The van der Waals surface area contributed by atoms with E-state index in [4.69, 9.17) is 4.74 Å². The van der Waals surface area contributed by atoms with Crippen molar-refractivity contribution < 1.29 is 9.53 Å². The van der Waals surface area contributed by atoms with Crippen molar-refractivity contribution in [2.45, 2.75) is 104 Å². The molecule has 0 saturated carbocycles. The molecular formula is C20H39BrO2. The molecule has 0 radical (unpaired) electrons. The Balaban J connectivity index is 3.73. The molecule has 0 rings (SSSR count). The minimum Gasteiger partial charge on any atom is -0.465 e. The molecule has 2 nitrogen and oxygen atoms in total. The first kappa shape index (κ1) is 22.9. The van der Waals surface area contributed by atoms with Crippen molar-refractivity contribution >= 4 is 21.9 Å².